The minimum Gasteiger partial charge on any atom is -0.456 e. The van der Waals surface area contributed by atoms with Crippen molar-refractivity contribution >= 4 is 98.1 Å². The molecule has 236 valence electrons. The smallest absolute Gasteiger partial charge is 0.147 e. The monoisotopic (exact) mass is 650 g/mol. The largest absolute Gasteiger partial charge is 0.456 e. The molecule has 0 amide bonds. The second kappa shape index (κ2) is 9.87. The molecule has 3 nitrogen and oxygen atoms in total. The molecule has 0 fully saturated rings. The lowest BCUT2D eigenvalue weighted by atomic mass is 9.85. The number of furan rings is 3. The van der Waals surface area contributed by atoms with E-state index in [1.165, 1.54) is 27.1 Å². The van der Waals surface area contributed by atoms with Crippen molar-refractivity contribution in [2.75, 3.05) is 0 Å². The normalized spacial score (nSPS) is 12.3. The van der Waals surface area contributed by atoms with E-state index in [0.717, 1.165) is 93.3 Å². The minimum atomic E-state index is 0.835. The molecule has 51 heavy (non-hydrogen) atoms. The van der Waals surface area contributed by atoms with Gasteiger partial charge >= 0.3 is 0 Å². The van der Waals surface area contributed by atoms with E-state index in [1.807, 2.05) is 18.2 Å². The molecule has 3 aromatic heterocycles. The lowest BCUT2D eigenvalue weighted by molar-refractivity contribution is 0.665. The Morgan fingerprint density at radius 2 is 0.863 bits per heavy atom. The number of para-hydroxylation sites is 2. The van der Waals surface area contributed by atoms with Crippen LogP contribution in [-0.4, -0.2) is 0 Å². The molecule has 0 aliphatic carbocycles. The Hall–Kier alpha value is -6.84. The summed E-state index contributed by atoms with van der Waals surface area (Å²) < 4.78 is 20.0. The summed E-state index contributed by atoms with van der Waals surface area (Å²) in [5.41, 5.74) is 9.81. The zero-order valence-electron chi connectivity index (χ0n) is 27.2. The maximum atomic E-state index is 7.08. The lowest BCUT2D eigenvalue weighted by Gasteiger charge is -2.18. The van der Waals surface area contributed by atoms with Crippen molar-refractivity contribution in [1.29, 1.82) is 0 Å². The van der Waals surface area contributed by atoms with Gasteiger partial charge in [0.1, 0.15) is 33.5 Å². The van der Waals surface area contributed by atoms with Crippen LogP contribution in [0.2, 0.25) is 0 Å². The van der Waals surface area contributed by atoms with Crippen LogP contribution >= 0.6 is 0 Å². The Kier molecular flexibility index (Phi) is 5.23. The predicted octanol–water partition coefficient (Wildman–Crippen LogP) is 14.2. The molecular formula is C48H26O3. The highest BCUT2D eigenvalue weighted by Crippen LogP contribution is 2.50. The summed E-state index contributed by atoms with van der Waals surface area (Å²) in [6, 6.07) is 55.9. The van der Waals surface area contributed by atoms with Gasteiger partial charge in [-0.3, -0.25) is 0 Å². The Bertz CT molecular complexity index is 3370. The summed E-state index contributed by atoms with van der Waals surface area (Å²) in [6.07, 6.45) is 0. The van der Waals surface area contributed by atoms with Gasteiger partial charge < -0.3 is 13.3 Å². The van der Waals surface area contributed by atoms with Crippen LogP contribution in [0.3, 0.4) is 0 Å². The fourth-order valence-electron chi connectivity index (χ4n) is 8.64. The molecule has 0 saturated carbocycles. The van der Waals surface area contributed by atoms with Gasteiger partial charge in [0.25, 0.3) is 0 Å². The van der Waals surface area contributed by atoms with Crippen molar-refractivity contribution in [3.63, 3.8) is 0 Å². The van der Waals surface area contributed by atoms with E-state index in [-0.39, 0.29) is 0 Å². The molecule has 12 aromatic rings. The third-order valence-electron chi connectivity index (χ3n) is 10.8. The number of fused-ring (bicyclic) bond motifs is 14. The first-order chi connectivity index (χ1) is 25.3. The van der Waals surface area contributed by atoms with Crippen molar-refractivity contribution in [3.05, 3.63) is 158 Å². The Morgan fingerprint density at radius 1 is 0.294 bits per heavy atom. The van der Waals surface area contributed by atoms with Gasteiger partial charge in [-0.25, -0.2) is 0 Å². The molecule has 12 rings (SSSR count). The van der Waals surface area contributed by atoms with Gasteiger partial charge in [-0.05, 0) is 74.5 Å². The molecule has 0 saturated heterocycles. The van der Waals surface area contributed by atoms with Crippen LogP contribution in [0.4, 0.5) is 0 Å². The fraction of sp³-hybridized carbons (Fsp3) is 0. The van der Waals surface area contributed by atoms with E-state index >= 15 is 0 Å². The van der Waals surface area contributed by atoms with Gasteiger partial charge in [0.2, 0.25) is 0 Å². The molecule has 0 aliphatic heterocycles. The van der Waals surface area contributed by atoms with Crippen LogP contribution in [-0.2, 0) is 0 Å². The van der Waals surface area contributed by atoms with Crippen LogP contribution in [0.25, 0.3) is 120 Å². The molecule has 3 heterocycles. The summed E-state index contributed by atoms with van der Waals surface area (Å²) in [5.74, 6) is 0. The van der Waals surface area contributed by atoms with Crippen molar-refractivity contribution in [1.82, 2.24) is 0 Å². The van der Waals surface area contributed by atoms with E-state index < -0.39 is 0 Å². The number of hydrogen-bond donors (Lipinski definition) is 0. The Balaban J connectivity index is 1.26. The van der Waals surface area contributed by atoms with Crippen molar-refractivity contribution < 1.29 is 13.3 Å². The first kappa shape index (κ1) is 27.0. The molecule has 0 bridgehead atoms. The minimum absolute atomic E-state index is 0.835. The molecule has 0 atom stereocenters. The van der Waals surface area contributed by atoms with Gasteiger partial charge in [-0.1, -0.05) is 121 Å². The molecule has 9 aromatic carbocycles. The topological polar surface area (TPSA) is 39.4 Å². The average molecular weight is 651 g/mol. The highest BCUT2D eigenvalue weighted by molar-refractivity contribution is 6.31. The summed E-state index contributed by atoms with van der Waals surface area (Å²) in [4.78, 5) is 0. The van der Waals surface area contributed by atoms with E-state index in [9.17, 15) is 0 Å². The summed E-state index contributed by atoms with van der Waals surface area (Å²) >= 11 is 0. The SMILES string of the molecule is c1ccc2c(c1)ccc1c2oc2c(-c3c4ccccc4c(-c4ccc5oc6ccccc6c5c4)c4ccccc34)cc3c4ccccc4oc3c21. The molecule has 0 N–H and O–H groups in total. The number of hydrogen-bond acceptors (Lipinski definition) is 3. The predicted molar refractivity (Wildman–Crippen MR) is 212 cm³/mol. The van der Waals surface area contributed by atoms with Crippen molar-refractivity contribution in [3.8, 4) is 22.3 Å². The number of rotatable bonds is 2. The van der Waals surface area contributed by atoms with Crippen molar-refractivity contribution in [2.45, 2.75) is 0 Å². The quantitative estimate of drug-likeness (QED) is 0.175. The van der Waals surface area contributed by atoms with E-state index in [2.05, 4.69) is 140 Å². The first-order valence-corrected chi connectivity index (χ1v) is 17.3. The van der Waals surface area contributed by atoms with Crippen LogP contribution < -0.4 is 0 Å². The lowest BCUT2D eigenvalue weighted by Crippen LogP contribution is -1.91. The van der Waals surface area contributed by atoms with Gasteiger partial charge in [0, 0.05) is 43.4 Å². The van der Waals surface area contributed by atoms with Gasteiger partial charge in [0.05, 0.1) is 5.39 Å². The summed E-state index contributed by atoms with van der Waals surface area (Å²) in [7, 11) is 0. The molecule has 0 radical (unpaired) electrons. The third-order valence-corrected chi connectivity index (χ3v) is 10.8. The second-order valence-electron chi connectivity index (χ2n) is 13.5. The highest BCUT2D eigenvalue weighted by Gasteiger charge is 2.25. The maximum Gasteiger partial charge on any atom is 0.147 e. The Morgan fingerprint density at radius 3 is 1.59 bits per heavy atom. The average Bonchev–Trinajstić information content (AvgIpc) is 3.88. The van der Waals surface area contributed by atoms with Gasteiger partial charge in [-0.15, -0.1) is 0 Å². The molecule has 0 unspecified atom stereocenters. The first-order valence-electron chi connectivity index (χ1n) is 17.3. The molecule has 0 spiro atoms. The van der Waals surface area contributed by atoms with Crippen LogP contribution in [0, 0.1) is 0 Å². The van der Waals surface area contributed by atoms with E-state index in [0.29, 0.717) is 0 Å². The van der Waals surface area contributed by atoms with E-state index in [1.54, 1.807) is 0 Å². The molecule has 3 heteroatoms. The van der Waals surface area contributed by atoms with Crippen LogP contribution in [0.1, 0.15) is 0 Å². The molecular weight excluding hydrogens is 625 g/mol. The van der Waals surface area contributed by atoms with Gasteiger partial charge in [0.15, 0.2) is 0 Å². The van der Waals surface area contributed by atoms with E-state index in [4.69, 9.17) is 13.3 Å². The molecule has 0 aliphatic rings. The van der Waals surface area contributed by atoms with Crippen molar-refractivity contribution in [2.24, 2.45) is 0 Å². The number of benzene rings is 9. The highest BCUT2D eigenvalue weighted by atomic mass is 16.3. The van der Waals surface area contributed by atoms with Gasteiger partial charge in [-0.2, -0.15) is 0 Å². The third kappa shape index (κ3) is 3.62. The standard InChI is InChI=1S/C48H26O3/c1-2-12-29-27(11-1)21-23-36-45-47-38(31-14-8-10-20-41(31)50-47)26-39(48(45)51-46(29)36)44-34-17-5-3-15-32(34)43(33-16-4-6-18-35(33)44)28-22-24-42-37(25-28)30-13-7-9-19-40(30)49-42/h1-26H. The summed E-state index contributed by atoms with van der Waals surface area (Å²) in [5, 5.41) is 13.4. The Labute approximate surface area is 290 Å². The van der Waals surface area contributed by atoms with Crippen LogP contribution in [0.15, 0.2) is 171 Å². The summed E-state index contributed by atoms with van der Waals surface area (Å²) in [6.45, 7) is 0. The zero-order valence-corrected chi connectivity index (χ0v) is 27.2. The maximum absolute atomic E-state index is 7.08. The zero-order chi connectivity index (χ0) is 33.2. The van der Waals surface area contributed by atoms with Crippen LogP contribution in [0.5, 0.6) is 0 Å². The fourth-order valence-corrected chi connectivity index (χ4v) is 8.64. The second-order valence-corrected chi connectivity index (χ2v) is 13.5.